The second-order valence-corrected chi connectivity index (χ2v) is 12.4. The zero-order valence-electron chi connectivity index (χ0n) is 20.7. The highest BCUT2D eigenvalue weighted by atomic mass is 35.5. The van der Waals surface area contributed by atoms with Crippen molar-refractivity contribution < 1.29 is 4.79 Å². The Morgan fingerprint density at radius 2 is 1.64 bits per heavy atom. The summed E-state index contributed by atoms with van der Waals surface area (Å²) in [7, 11) is 0. The Morgan fingerprint density at radius 3 is 2.30 bits per heavy atom. The molecule has 2 saturated carbocycles. The Hall–Kier alpha value is -1.06. The maximum Gasteiger partial charge on any atom is 0.321 e. The number of hydrogen-bond donors (Lipinski definition) is 0. The van der Waals surface area contributed by atoms with Crippen LogP contribution in [-0.2, 0) is 0 Å². The molecule has 7 unspecified atom stereocenters. The Balaban J connectivity index is 1.33. The molecule has 4 bridgehead atoms. The lowest BCUT2D eigenvalue weighted by Crippen LogP contribution is -2.43. The monoisotopic (exact) mass is 470 g/mol. The fraction of sp³-hybridized carbons (Fsp3) is 0.759. The third-order valence-corrected chi connectivity index (χ3v) is 10.1. The zero-order valence-corrected chi connectivity index (χ0v) is 21.4. The minimum atomic E-state index is -0.322. The molecule has 2 aliphatic heterocycles. The van der Waals surface area contributed by atoms with E-state index in [-0.39, 0.29) is 11.4 Å². The predicted octanol–water partition coefficient (Wildman–Crippen LogP) is 7.58. The molecule has 4 fully saturated rings. The van der Waals surface area contributed by atoms with Crippen LogP contribution < -0.4 is 4.90 Å². The molecule has 5 rings (SSSR count). The summed E-state index contributed by atoms with van der Waals surface area (Å²) in [5.41, 5.74) is 0.952. The summed E-state index contributed by atoms with van der Waals surface area (Å²) in [4.78, 5) is 17.3. The molecular formula is C29H43ClN2O. The summed E-state index contributed by atoms with van der Waals surface area (Å²) in [6, 6.07) is 10.9. The smallest absolute Gasteiger partial charge is 0.300 e. The average molecular weight is 471 g/mol. The van der Waals surface area contributed by atoms with Crippen molar-refractivity contribution in [2.75, 3.05) is 18.0 Å². The molecule has 7 atom stereocenters. The van der Waals surface area contributed by atoms with Crippen LogP contribution in [0.4, 0.5) is 10.5 Å². The largest absolute Gasteiger partial charge is 0.321 e. The standard InChI is InChI=1S/C29H43ClN2O/c1-20-13-21(2)25-12-11-24(20)14-23(15-25)19-31-18-22-7-6-10-27(31)17-28(16-22)32(29(30)33)26-8-4-3-5-9-26/h3-5,8-9,20-25,27-28H,6-7,10-19H2,1-2H3. The van der Waals surface area contributed by atoms with Crippen molar-refractivity contribution in [2.45, 2.75) is 90.1 Å². The summed E-state index contributed by atoms with van der Waals surface area (Å²) in [5.74, 6) is 5.20. The molecule has 1 aromatic rings. The average Bonchev–Trinajstić information content (AvgIpc) is 3.21. The molecule has 0 spiro atoms. The lowest BCUT2D eigenvalue weighted by molar-refractivity contribution is 0.117. The van der Waals surface area contributed by atoms with E-state index in [9.17, 15) is 4.79 Å². The van der Waals surface area contributed by atoms with Crippen molar-refractivity contribution in [2.24, 2.45) is 35.5 Å². The van der Waals surface area contributed by atoms with Crippen LogP contribution in [-0.4, -0.2) is 35.4 Å². The van der Waals surface area contributed by atoms with Crippen molar-refractivity contribution in [1.82, 2.24) is 4.90 Å². The molecule has 3 nitrogen and oxygen atoms in total. The van der Waals surface area contributed by atoms with Gasteiger partial charge in [0.25, 0.3) is 0 Å². The van der Waals surface area contributed by atoms with Gasteiger partial charge in [-0.15, -0.1) is 0 Å². The van der Waals surface area contributed by atoms with Crippen LogP contribution in [0.1, 0.15) is 78.1 Å². The van der Waals surface area contributed by atoms with E-state index in [2.05, 4.69) is 18.7 Å². The van der Waals surface area contributed by atoms with Gasteiger partial charge in [-0.05, 0) is 117 Å². The van der Waals surface area contributed by atoms with Gasteiger partial charge in [0.15, 0.2) is 0 Å². The van der Waals surface area contributed by atoms with Gasteiger partial charge in [-0.25, -0.2) is 0 Å². The van der Waals surface area contributed by atoms with Gasteiger partial charge in [-0.3, -0.25) is 14.6 Å². The topological polar surface area (TPSA) is 23.6 Å². The fourth-order valence-corrected chi connectivity index (χ4v) is 8.47. The number of nitrogens with zero attached hydrogens (tertiary/aromatic N) is 2. The quantitative estimate of drug-likeness (QED) is 0.334. The molecule has 4 heteroatoms. The summed E-state index contributed by atoms with van der Waals surface area (Å²) >= 11 is 6.19. The van der Waals surface area contributed by atoms with Gasteiger partial charge in [-0.1, -0.05) is 38.5 Å². The van der Waals surface area contributed by atoms with E-state index in [0.29, 0.717) is 12.0 Å². The van der Waals surface area contributed by atoms with Gasteiger partial charge in [-0.2, -0.15) is 0 Å². The Kier molecular flexibility index (Phi) is 7.37. The van der Waals surface area contributed by atoms with Crippen LogP contribution in [0.5, 0.6) is 0 Å². The van der Waals surface area contributed by atoms with E-state index in [1.807, 2.05) is 35.2 Å². The summed E-state index contributed by atoms with van der Waals surface area (Å²) < 4.78 is 0. The van der Waals surface area contributed by atoms with E-state index in [1.54, 1.807) is 0 Å². The summed E-state index contributed by atoms with van der Waals surface area (Å²) in [6.45, 7) is 7.55. The maximum atomic E-state index is 12.6. The molecule has 2 saturated heterocycles. The molecule has 1 aromatic carbocycles. The SMILES string of the molecule is CC1CC(C)C2CCC1CC(CN1CC3CCCC1CC(N(C(=O)Cl)c1ccccc1)C3)C2. The van der Waals surface area contributed by atoms with Gasteiger partial charge in [0.05, 0.1) is 0 Å². The van der Waals surface area contributed by atoms with Crippen LogP contribution in [0.15, 0.2) is 30.3 Å². The van der Waals surface area contributed by atoms with Gasteiger partial charge in [0.2, 0.25) is 0 Å². The van der Waals surface area contributed by atoms with E-state index < -0.39 is 0 Å². The second-order valence-electron chi connectivity index (χ2n) is 12.1. The highest BCUT2D eigenvalue weighted by Gasteiger charge is 2.40. The number of halogens is 1. The Bertz CT molecular complexity index is 782. The van der Waals surface area contributed by atoms with E-state index in [1.165, 1.54) is 64.5 Å². The number of rotatable bonds is 4. The fourth-order valence-electron chi connectivity index (χ4n) is 8.23. The van der Waals surface area contributed by atoms with Gasteiger partial charge >= 0.3 is 5.37 Å². The zero-order chi connectivity index (χ0) is 22.9. The van der Waals surface area contributed by atoms with Crippen molar-refractivity contribution in [1.29, 1.82) is 0 Å². The first-order chi connectivity index (χ1) is 16.0. The first-order valence-electron chi connectivity index (χ1n) is 13.8. The predicted molar refractivity (Wildman–Crippen MR) is 138 cm³/mol. The van der Waals surface area contributed by atoms with E-state index in [0.717, 1.165) is 48.1 Å². The molecule has 0 aromatic heterocycles. The van der Waals surface area contributed by atoms with Crippen LogP contribution >= 0.6 is 11.6 Å². The molecule has 4 aliphatic rings. The molecule has 182 valence electrons. The van der Waals surface area contributed by atoms with Crippen LogP contribution in [0.3, 0.4) is 0 Å². The molecular weight excluding hydrogens is 428 g/mol. The number of carbonyl (C=O) groups excluding carboxylic acids is 1. The van der Waals surface area contributed by atoms with Gasteiger partial charge in [0.1, 0.15) is 0 Å². The number of amides is 1. The highest BCUT2D eigenvalue weighted by molar-refractivity contribution is 6.66. The molecule has 2 aliphatic carbocycles. The second kappa shape index (κ2) is 10.3. The minimum Gasteiger partial charge on any atom is -0.300 e. The first kappa shape index (κ1) is 23.7. The number of hydrogen-bond acceptors (Lipinski definition) is 2. The first-order valence-corrected chi connectivity index (χ1v) is 14.1. The Labute approximate surface area is 206 Å². The lowest BCUT2D eigenvalue weighted by atomic mass is 9.75. The van der Waals surface area contributed by atoms with Crippen molar-refractivity contribution in [3.8, 4) is 0 Å². The third kappa shape index (κ3) is 5.30. The van der Waals surface area contributed by atoms with Crippen molar-refractivity contribution in [3.63, 3.8) is 0 Å². The van der Waals surface area contributed by atoms with Crippen LogP contribution in [0.25, 0.3) is 0 Å². The maximum absolute atomic E-state index is 12.6. The van der Waals surface area contributed by atoms with Gasteiger partial charge < -0.3 is 0 Å². The van der Waals surface area contributed by atoms with Crippen molar-refractivity contribution in [3.05, 3.63) is 30.3 Å². The number of fused-ring (bicyclic) bond motifs is 6. The van der Waals surface area contributed by atoms with E-state index in [4.69, 9.17) is 11.6 Å². The lowest BCUT2D eigenvalue weighted by Gasteiger charge is -2.38. The number of carbonyl (C=O) groups is 1. The van der Waals surface area contributed by atoms with Crippen molar-refractivity contribution >= 4 is 22.7 Å². The summed E-state index contributed by atoms with van der Waals surface area (Å²) in [6.07, 6.45) is 13.3. The molecule has 33 heavy (non-hydrogen) atoms. The molecule has 1 amide bonds. The molecule has 2 heterocycles. The number of benzene rings is 1. The van der Waals surface area contributed by atoms with Crippen LogP contribution in [0, 0.1) is 35.5 Å². The van der Waals surface area contributed by atoms with Crippen LogP contribution in [0.2, 0.25) is 0 Å². The Morgan fingerprint density at radius 1 is 0.939 bits per heavy atom. The minimum absolute atomic E-state index is 0.214. The molecule has 0 N–H and O–H groups in total. The number of anilines is 1. The van der Waals surface area contributed by atoms with E-state index >= 15 is 0 Å². The van der Waals surface area contributed by atoms with Gasteiger partial charge in [0, 0.05) is 30.9 Å². The third-order valence-electron chi connectivity index (χ3n) is 9.92. The summed E-state index contributed by atoms with van der Waals surface area (Å²) in [5, 5.41) is -0.322. The molecule has 0 radical (unpaired) electrons. The normalized spacial score (nSPS) is 39.4. The number of para-hydroxylation sites is 1. The highest BCUT2D eigenvalue weighted by Crippen LogP contribution is 2.46.